The molecule has 0 aliphatic heterocycles. The Bertz CT molecular complexity index is 544. The van der Waals surface area contributed by atoms with Crippen molar-refractivity contribution in [3.05, 3.63) is 54.1 Å². The van der Waals surface area contributed by atoms with Gasteiger partial charge in [-0.2, -0.15) is 4.99 Å². The zero-order valence-corrected chi connectivity index (χ0v) is 10.0. The van der Waals surface area contributed by atoms with Crippen LogP contribution >= 0.6 is 0 Å². The van der Waals surface area contributed by atoms with Crippen molar-refractivity contribution < 1.29 is 0 Å². The molecule has 0 amide bonds. The molecule has 0 spiro atoms. The third-order valence-electron chi connectivity index (χ3n) is 2.53. The summed E-state index contributed by atoms with van der Waals surface area (Å²) in [5.41, 5.74) is 4.55. The standard InChI is InChI=1S/C15H14N2/c1-12-3-5-13(6-4-12)14-7-9-15(10-8-14)17-11-16-2/h3-10H,1-2H3. The highest BCUT2D eigenvalue weighted by Crippen LogP contribution is 2.22. The highest BCUT2D eigenvalue weighted by atomic mass is 14.8. The Kier molecular flexibility index (Phi) is 3.49. The van der Waals surface area contributed by atoms with Crippen molar-refractivity contribution in [1.82, 2.24) is 0 Å². The summed E-state index contributed by atoms with van der Waals surface area (Å²) in [5.74, 6) is 0. The Morgan fingerprint density at radius 2 is 1.35 bits per heavy atom. The van der Waals surface area contributed by atoms with Crippen molar-refractivity contribution in [2.24, 2.45) is 9.98 Å². The smallest absolute Gasteiger partial charge is 0.0946 e. The highest BCUT2D eigenvalue weighted by molar-refractivity contribution is 5.66. The average molecular weight is 222 g/mol. The van der Waals surface area contributed by atoms with E-state index in [1.165, 1.54) is 16.7 Å². The lowest BCUT2D eigenvalue weighted by Gasteiger charge is -2.02. The van der Waals surface area contributed by atoms with Crippen LogP contribution < -0.4 is 0 Å². The summed E-state index contributed by atoms with van der Waals surface area (Å²) in [6, 6.07) is 19.1. The van der Waals surface area contributed by atoms with Gasteiger partial charge in [-0.1, -0.05) is 42.0 Å². The largest absolute Gasteiger partial charge is 0.229 e. The van der Waals surface area contributed by atoms with Gasteiger partial charge in [0.2, 0.25) is 0 Å². The van der Waals surface area contributed by atoms with Gasteiger partial charge in [-0.15, -0.1) is 0 Å². The minimum Gasteiger partial charge on any atom is -0.229 e. The number of nitrogens with zero attached hydrogens (tertiary/aromatic N) is 2. The van der Waals surface area contributed by atoms with Crippen LogP contribution in [-0.4, -0.2) is 13.1 Å². The zero-order valence-electron chi connectivity index (χ0n) is 10.0. The van der Waals surface area contributed by atoms with Crippen molar-refractivity contribution in [2.45, 2.75) is 6.92 Å². The topological polar surface area (TPSA) is 24.7 Å². The van der Waals surface area contributed by atoms with E-state index in [1.807, 2.05) is 12.1 Å². The van der Waals surface area contributed by atoms with E-state index in [4.69, 9.17) is 0 Å². The normalized spacial score (nSPS) is 9.53. The van der Waals surface area contributed by atoms with Crippen LogP contribution in [0.5, 0.6) is 0 Å². The fourth-order valence-electron chi connectivity index (χ4n) is 1.58. The second-order valence-electron chi connectivity index (χ2n) is 3.85. The van der Waals surface area contributed by atoms with Crippen molar-refractivity contribution in [3.63, 3.8) is 0 Å². The Morgan fingerprint density at radius 3 is 1.88 bits per heavy atom. The maximum absolute atomic E-state index is 4.06. The molecule has 0 aliphatic carbocycles. The minimum atomic E-state index is 0.867. The molecular weight excluding hydrogens is 208 g/mol. The minimum absolute atomic E-state index is 0.867. The lowest BCUT2D eigenvalue weighted by Crippen LogP contribution is -1.77. The van der Waals surface area contributed by atoms with Crippen LogP contribution in [0.15, 0.2) is 58.5 Å². The number of hydrogen-bond donors (Lipinski definition) is 0. The molecule has 0 atom stereocenters. The zero-order chi connectivity index (χ0) is 12.1. The first-order chi connectivity index (χ1) is 8.29. The summed E-state index contributed by atoms with van der Waals surface area (Å²) >= 11 is 0. The maximum Gasteiger partial charge on any atom is 0.0946 e. The van der Waals surface area contributed by atoms with Gasteiger partial charge in [0.25, 0.3) is 0 Å². The number of benzene rings is 2. The predicted molar refractivity (Wildman–Crippen MR) is 72.1 cm³/mol. The first-order valence-electron chi connectivity index (χ1n) is 5.51. The average Bonchev–Trinajstić information content (AvgIpc) is 2.38. The molecule has 2 aromatic rings. The van der Waals surface area contributed by atoms with Gasteiger partial charge in [0, 0.05) is 7.05 Å². The van der Waals surface area contributed by atoms with Crippen molar-refractivity contribution in [1.29, 1.82) is 0 Å². The maximum atomic E-state index is 4.06. The molecule has 0 fully saturated rings. The Morgan fingerprint density at radius 1 is 0.824 bits per heavy atom. The van der Waals surface area contributed by atoms with E-state index in [-0.39, 0.29) is 0 Å². The number of rotatable bonds is 2. The summed E-state index contributed by atoms with van der Waals surface area (Å²) < 4.78 is 0. The van der Waals surface area contributed by atoms with Crippen LogP contribution in [0.2, 0.25) is 0 Å². The highest BCUT2D eigenvalue weighted by Gasteiger charge is 1.96. The molecular formula is C15H14N2. The number of hydrogen-bond acceptors (Lipinski definition) is 2. The second-order valence-corrected chi connectivity index (χ2v) is 3.85. The van der Waals surface area contributed by atoms with E-state index < -0.39 is 0 Å². The van der Waals surface area contributed by atoms with E-state index in [0.29, 0.717) is 0 Å². The van der Waals surface area contributed by atoms with Gasteiger partial charge >= 0.3 is 0 Å². The quantitative estimate of drug-likeness (QED) is 0.683. The van der Waals surface area contributed by atoms with Crippen LogP contribution in [0, 0.1) is 6.92 Å². The molecule has 0 radical (unpaired) electrons. The summed E-state index contributed by atoms with van der Waals surface area (Å²) in [4.78, 5) is 7.76. The molecule has 0 bridgehead atoms. The molecule has 2 heteroatoms. The molecule has 17 heavy (non-hydrogen) atoms. The first-order valence-corrected chi connectivity index (χ1v) is 5.51. The van der Waals surface area contributed by atoms with Crippen LogP contribution in [0.1, 0.15) is 5.56 Å². The van der Waals surface area contributed by atoms with Crippen LogP contribution in [0.3, 0.4) is 0 Å². The summed E-state index contributed by atoms with van der Waals surface area (Å²) in [6.45, 7) is 2.09. The molecule has 0 N–H and O–H groups in total. The van der Waals surface area contributed by atoms with E-state index >= 15 is 0 Å². The van der Waals surface area contributed by atoms with Gasteiger partial charge < -0.3 is 0 Å². The molecule has 0 aliphatic rings. The lowest BCUT2D eigenvalue weighted by atomic mass is 10.0. The SMILES string of the molecule is CN=C=Nc1ccc(-c2ccc(C)cc2)cc1. The van der Waals surface area contributed by atoms with Gasteiger partial charge in [0.15, 0.2) is 0 Å². The van der Waals surface area contributed by atoms with Gasteiger partial charge in [-0.05, 0) is 30.2 Å². The molecule has 84 valence electrons. The number of aryl methyl sites for hydroxylation is 1. The molecule has 2 rings (SSSR count). The monoisotopic (exact) mass is 222 g/mol. The van der Waals surface area contributed by atoms with Gasteiger partial charge in [-0.25, -0.2) is 4.99 Å². The lowest BCUT2D eigenvalue weighted by molar-refractivity contribution is 1.44. The molecule has 0 aromatic heterocycles. The fraction of sp³-hybridized carbons (Fsp3) is 0.133. The van der Waals surface area contributed by atoms with E-state index in [9.17, 15) is 0 Å². The van der Waals surface area contributed by atoms with Crippen molar-refractivity contribution in [3.8, 4) is 11.1 Å². The Balaban J connectivity index is 2.29. The number of aliphatic imine (C=N–C) groups is 2. The van der Waals surface area contributed by atoms with Crippen LogP contribution in [0.25, 0.3) is 11.1 Å². The summed E-state index contributed by atoms with van der Waals surface area (Å²) in [5, 5.41) is 0. The van der Waals surface area contributed by atoms with Crippen LogP contribution in [0.4, 0.5) is 5.69 Å². The van der Waals surface area contributed by atoms with Crippen molar-refractivity contribution >= 4 is 11.7 Å². The molecule has 2 nitrogen and oxygen atoms in total. The predicted octanol–water partition coefficient (Wildman–Crippen LogP) is 4.10. The Hall–Kier alpha value is -2.18. The molecule has 0 saturated heterocycles. The molecule has 0 unspecified atom stereocenters. The van der Waals surface area contributed by atoms with Gasteiger partial charge in [-0.3, -0.25) is 0 Å². The van der Waals surface area contributed by atoms with Gasteiger partial charge in [0.1, 0.15) is 0 Å². The third kappa shape index (κ3) is 2.90. The third-order valence-corrected chi connectivity index (χ3v) is 2.53. The second kappa shape index (κ2) is 5.24. The Labute approximate surface area is 101 Å². The van der Waals surface area contributed by atoms with E-state index in [0.717, 1.165) is 5.69 Å². The molecule has 0 heterocycles. The molecule has 0 saturated carbocycles. The summed E-state index contributed by atoms with van der Waals surface area (Å²) in [6.07, 6.45) is 0. The van der Waals surface area contributed by atoms with Crippen molar-refractivity contribution in [2.75, 3.05) is 7.05 Å². The fourth-order valence-corrected chi connectivity index (χ4v) is 1.58. The van der Waals surface area contributed by atoms with E-state index in [1.54, 1.807) is 7.05 Å². The van der Waals surface area contributed by atoms with Gasteiger partial charge in [0.05, 0.1) is 11.7 Å². The van der Waals surface area contributed by atoms with Crippen LogP contribution in [-0.2, 0) is 0 Å². The summed E-state index contributed by atoms with van der Waals surface area (Å²) in [7, 11) is 1.66. The molecule has 2 aromatic carbocycles. The van der Waals surface area contributed by atoms with E-state index in [2.05, 4.69) is 59.3 Å². The first kappa shape index (κ1) is 11.3.